The van der Waals surface area contributed by atoms with Gasteiger partial charge in [0, 0.05) is 31.7 Å². The highest BCUT2D eigenvalue weighted by atomic mass is 19.4. The van der Waals surface area contributed by atoms with Crippen LogP contribution in [0.15, 0.2) is 41.5 Å². The van der Waals surface area contributed by atoms with E-state index in [1.165, 1.54) is 0 Å². The summed E-state index contributed by atoms with van der Waals surface area (Å²) in [6.07, 6.45) is -0.732. The third-order valence-corrected chi connectivity index (χ3v) is 4.96. The molecule has 1 amide bonds. The van der Waals surface area contributed by atoms with E-state index in [0.717, 1.165) is 22.3 Å². The van der Waals surface area contributed by atoms with Crippen LogP contribution in [0.5, 0.6) is 0 Å². The molecule has 0 saturated carbocycles. The Labute approximate surface area is 165 Å². The standard InChI is InChI=1S/C20H22F3N3O3/c1-13-2-4-17(24-11-13)25-19(28)16(10-14-6-8-29-9-7-14)26-12-15(20(21,22)23)3-5-18(26)27/h2-5,11-12,14,16H,6-10H2,1H3,(H,24,25,28)/t16-/m0/s1. The SMILES string of the molecule is Cc1ccc(NC(=O)[C@H](CC2CCOCC2)n2cc(C(F)(F)F)ccc2=O)nc1. The van der Waals surface area contributed by atoms with Crippen molar-refractivity contribution in [2.24, 2.45) is 5.92 Å². The Balaban J connectivity index is 1.93. The Morgan fingerprint density at radius 3 is 2.62 bits per heavy atom. The average molecular weight is 409 g/mol. The quantitative estimate of drug-likeness (QED) is 0.820. The summed E-state index contributed by atoms with van der Waals surface area (Å²) in [6.45, 7) is 2.89. The lowest BCUT2D eigenvalue weighted by atomic mass is 9.92. The van der Waals surface area contributed by atoms with Crippen LogP contribution in [-0.4, -0.2) is 28.7 Å². The molecule has 156 valence electrons. The maximum atomic E-state index is 13.2. The van der Waals surface area contributed by atoms with Gasteiger partial charge < -0.3 is 14.6 Å². The van der Waals surface area contributed by atoms with Gasteiger partial charge in [0.15, 0.2) is 0 Å². The van der Waals surface area contributed by atoms with Crippen molar-refractivity contribution in [3.8, 4) is 0 Å². The lowest BCUT2D eigenvalue weighted by Crippen LogP contribution is -2.35. The number of aryl methyl sites for hydroxylation is 1. The Bertz CT molecular complexity index is 904. The molecule has 3 rings (SSSR count). The largest absolute Gasteiger partial charge is 0.417 e. The molecule has 9 heteroatoms. The monoisotopic (exact) mass is 409 g/mol. The van der Waals surface area contributed by atoms with Crippen molar-refractivity contribution in [1.29, 1.82) is 0 Å². The molecular formula is C20H22F3N3O3. The van der Waals surface area contributed by atoms with E-state index in [-0.39, 0.29) is 18.2 Å². The zero-order chi connectivity index (χ0) is 21.0. The van der Waals surface area contributed by atoms with Crippen LogP contribution in [0.1, 0.15) is 36.4 Å². The number of halogens is 3. The molecule has 3 heterocycles. The third-order valence-electron chi connectivity index (χ3n) is 4.96. The molecule has 29 heavy (non-hydrogen) atoms. The summed E-state index contributed by atoms with van der Waals surface area (Å²) < 4.78 is 45.7. The van der Waals surface area contributed by atoms with Crippen LogP contribution in [0.4, 0.5) is 19.0 Å². The predicted octanol–water partition coefficient (Wildman–Crippen LogP) is 3.57. The first-order valence-corrected chi connectivity index (χ1v) is 9.34. The number of carbonyl (C=O) groups excluding carboxylic acids is 1. The topological polar surface area (TPSA) is 73.2 Å². The minimum atomic E-state index is -4.62. The molecular weight excluding hydrogens is 387 g/mol. The van der Waals surface area contributed by atoms with Crippen molar-refractivity contribution in [2.75, 3.05) is 18.5 Å². The number of ether oxygens (including phenoxy) is 1. The summed E-state index contributed by atoms with van der Waals surface area (Å²) >= 11 is 0. The molecule has 1 aliphatic heterocycles. The zero-order valence-electron chi connectivity index (χ0n) is 15.9. The fraction of sp³-hybridized carbons (Fsp3) is 0.450. The molecule has 0 unspecified atom stereocenters. The minimum Gasteiger partial charge on any atom is -0.381 e. The highest BCUT2D eigenvalue weighted by Crippen LogP contribution is 2.30. The maximum absolute atomic E-state index is 13.2. The van der Waals surface area contributed by atoms with Gasteiger partial charge in [0.1, 0.15) is 11.9 Å². The number of pyridine rings is 2. The molecule has 0 radical (unpaired) electrons. The zero-order valence-corrected chi connectivity index (χ0v) is 15.9. The highest BCUT2D eigenvalue weighted by molar-refractivity contribution is 5.92. The second-order valence-electron chi connectivity index (χ2n) is 7.18. The third kappa shape index (κ3) is 5.44. The van der Waals surface area contributed by atoms with Gasteiger partial charge in [-0.05, 0) is 49.8 Å². The molecule has 0 spiro atoms. The fourth-order valence-corrected chi connectivity index (χ4v) is 3.31. The van der Waals surface area contributed by atoms with Gasteiger partial charge in [-0.3, -0.25) is 9.59 Å². The molecule has 0 bridgehead atoms. The molecule has 1 saturated heterocycles. The van der Waals surface area contributed by atoms with Crippen LogP contribution in [0.25, 0.3) is 0 Å². The maximum Gasteiger partial charge on any atom is 0.417 e. The van der Waals surface area contributed by atoms with Crippen LogP contribution in [-0.2, 0) is 15.7 Å². The summed E-state index contributed by atoms with van der Waals surface area (Å²) in [7, 11) is 0. The molecule has 1 fully saturated rings. The van der Waals surface area contributed by atoms with Gasteiger partial charge in [-0.2, -0.15) is 13.2 Å². The Morgan fingerprint density at radius 1 is 1.28 bits per heavy atom. The van der Waals surface area contributed by atoms with Gasteiger partial charge in [0.2, 0.25) is 5.91 Å². The first kappa shape index (κ1) is 21.0. The molecule has 2 aromatic heterocycles. The number of nitrogens with zero attached hydrogens (tertiary/aromatic N) is 2. The average Bonchev–Trinajstić information content (AvgIpc) is 2.68. The lowest BCUT2D eigenvalue weighted by molar-refractivity contribution is -0.138. The molecule has 1 N–H and O–H groups in total. The van der Waals surface area contributed by atoms with Crippen molar-refractivity contribution >= 4 is 11.7 Å². The number of carbonyl (C=O) groups is 1. The first-order valence-electron chi connectivity index (χ1n) is 9.34. The smallest absolute Gasteiger partial charge is 0.381 e. The Kier molecular flexibility index (Phi) is 6.36. The van der Waals surface area contributed by atoms with Crippen LogP contribution in [0.2, 0.25) is 0 Å². The van der Waals surface area contributed by atoms with E-state index in [4.69, 9.17) is 4.74 Å². The van der Waals surface area contributed by atoms with Gasteiger partial charge >= 0.3 is 6.18 Å². The summed E-state index contributed by atoms with van der Waals surface area (Å²) in [5.74, 6) is -0.237. The van der Waals surface area contributed by atoms with E-state index in [9.17, 15) is 22.8 Å². The number of anilines is 1. The second-order valence-corrected chi connectivity index (χ2v) is 7.18. The molecule has 2 aromatic rings. The lowest BCUT2D eigenvalue weighted by Gasteiger charge is -2.27. The second kappa shape index (κ2) is 8.77. The van der Waals surface area contributed by atoms with Crippen LogP contribution in [0.3, 0.4) is 0 Å². The first-order chi connectivity index (χ1) is 13.7. The molecule has 0 aromatic carbocycles. The summed E-state index contributed by atoms with van der Waals surface area (Å²) in [6, 6.07) is 3.84. The van der Waals surface area contributed by atoms with Crippen LogP contribution < -0.4 is 10.9 Å². The highest BCUT2D eigenvalue weighted by Gasteiger charge is 2.33. The number of alkyl halides is 3. The van der Waals surface area contributed by atoms with E-state index in [0.29, 0.717) is 32.3 Å². The predicted molar refractivity (Wildman–Crippen MR) is 101 cm³/mol. The Hall–Kier alpha value is -2.68. The summed E-state index contributed by atoms with van der Waals surface area (Å²) in [5, 5.41) is 2.62. The number of aromatic nitrogens is 2. The van der Waals surface area contributed by atoms with Gasteiger partial charge in [0.25, 0.3) is 5.56 Å². The fourth-order valence-electron chi connectivity index (χ4n) is 3.31. The van der Waals surface area contributed by atoms with Crippen molar-refractivity contribution in [1.82, 2.24) is 9.55 Å². The number of hydrogen-bond donors (Lipinski definition) is 1. The molecule has 0 aliphatic carbocycles. The van der Waals surface area contributed by atoms with Crippen LogP contribution >= 0.6 is 0 Å². The van der Waals surface area contributed by atoms with Gasteiger partial charge in [-0.15, -0.1) is 0 Å². The van der Waals surface area contributed by atoms with E-state index >= 15 is 0 Å². The van der Waals surface area contributed by atoms with Crippen molar-refractivity contribution in [3.63, 3.8) is 0 Å². The van der Waals surface area contributed by atoms with E-state index in [2.05, 4.69) is 10.3 Å². The number of hydrogen-bond acceptors (Lipinski definition) is 4. The van der Waals surface area contributed by atoms with E-state index in [1.54, 1.807) is 18.3 Å². The number of amides is 1. The normalized spacial score (nSPS) is 16.4. The van der Waals surface area contributed by atoms with Gasteiger partial charge in [-0.1, -0.05) is 6.07 Å². The van der Waals surface area contributed by atoms with Crippen LogP contribution in [0, 0.1) is 12.8 Å². The summed E-state index contributed by atoms with van der Waals surface area (Å²) in [4.78, 5) is 29.4. The van der Waals surface area contributed by atoms with Gasteiger partial charge in [0.05, 0.1) is 5.56 Å². The van der Waals surface area contributed by atoms with Crippen molar-refractivity contribution in [2.45, 2.75) is 38.4 Å². The van der Waals surface area contributed by atoms with E-state index < -0.39 is 29.2 Å². The molecule has 1 aliphatic rings. The summed E-state index contributed by atoms with van der Waals surface area (Å²) in [5.41, 5.74) is -0.742. The Morgan fingerprint density at radius 2 is 2.00 bits per heavy atom. The minimum absolute atomic E-state index is 0.0620. The van der Waals surface area contributed by atoms with Gasteiger partial charge in [-0.25, -0.2) is 4.98 Å². The van der Waals surface area contributed by atoms with E-state index in [1.807, 2.05) is 6.92 Å². The molecule has 6 nitrogen and oxygen atoms in total. The number of nitrogens with one attached hydrogen (secondary N) is 1. The number of rotatable bonds is 5. The van der Waals surface area contributed by atoms with Crippen molar-refractivity contribution < 1.29 is 22.7 Å². The van der Waals surface area contributed by atoms with Crippen molar-refractivity contribution in [3.05, 3.63) is 58.1 Å². The molecule has 1 atom stereocenters.